The Bertz CT molecular complexity index is 1460. The van der Waals surface area contributed by atoms with E-state index in [4.69, 9.17) is 14.2 Å². The predicted molar refractivity (Wildman–Crippen MR) is 171 cm³/mol. The second-order valence-electron chi connectivity index (χ2n) is 12.3. The molecule has 0 unspecified atom stereocenters. The molecule has 1 saturated carbocycles. The smallest absolute Gasteiger partial charge is 0.246 e. The molecule has 236 valence electrons. The molecule has 1 aliphatic rings. The van der Waals surface area contributed by atoms with Gasteiger partial charge in [-0.15, -0.1) is 10.2 Å². The average molecular weight is 632 g/mol. The highest BCUT2D eigenvalue weighted by molar-refractivity contribution is 7.93. The molecule has 2 aromatic heterocycles. The Morgan fingerprint density at radius 3 is 2.19 bits per heavy atom. The molecule has 1 N–H and O–H groups in total. The molecule has 0 bridgehead atoms. The molecule has 4 rings (SSSR count). The van der Waals surface area contributed by atoms with E-state index in [-0.39, 0.29) is 24.2 Å². The lowest BCUT2D eigenvalue weighted by Gasteiger charge is -2.34. The number of methoxy groups -OCH3 is 3. The van der Waals surface area contributed by atoms with Gasteiger partial charge in [-0.1, -0.05) is 51.0 Å². The van der Waals surface area contributed by atoms with Gasteiger partial charge < -0.3 is 19.3 Å². The Morgan fingerprint density at radius 1 is 0.977 bits per heavy atom. The van der Waals surface area contributed by atoms with Gasteiger partial charge >= 0.3 is 0 Å². The molecule has 0 radical (unpaired) electrons. The van der Waals surface area contributed by atoms with E-state index in [0.717, 1.165) is 32.1 Å². The van der Waals surface area contributed by atoms with Crippen molar-refractivity contribution < 1.29 is 27.7 Å². The molecule has 3 aromatic rings. The summed E-state index contributed by atoms with van der Waals surface area (Å²) in [4.78, 5) is 4.57. The number of aliphatic hydroxyl groups is 1. The molecule has 1 fully saturated rings. The van der Waals surface area contributed by atoms with Crippen molar-refractivity contribution >= 4 is 24.0 Å². The van der Waals surface area contributed by atoms with E-state index in [2.05, 4.69) is 34.8 Å². The number of aromatic nitrogens is 4. The van der Waals surface area contributed by atoms with Gasteiger partial charge in [0.2, 0.25) is 21.9 Å². The maximum absolute atomic E-state index is 14.6. The fraction of sp³-hybridized carbons (Fsp3) is 0.567. The molecule has 43 heavy (non-hydrogen) atoms. The van der Waals surface area contributed by atoms with Crippen LogP contribution >= 0.6 is 0 Å². The third-order valence-electron chi connectivity index (χ3n) is 8.11. The maximum Gasteiger partial charge on any atom is 0.246 e. The summed E-state index contributed by atoms with van der Waals surface area (Å²) in [5.41, 5.74) is 0.852. The number of pyridine rings is 1. The number of ether oxygens (including phenoxy) is 3. The van der Waals surface area contributed by atoms with E-state index < -0.39 is 29.5 Å². The van der Waals surface area contributed by atoms with Crippen LogP contribution in [0.2, 0.25) is 25.7 Å². The topological polar surface area (TPSA) is 129 Å². The Hall–Kier alpha value is -3.16. The molecule has 0 saturated heterocycles. The van der Waals surface area contributed by atoms with Crippen molar-refractivity contribution in [1.82, 2.24) is 19.7 Å². The van der Waals surface area contributed by atoms with Gasteiger partial charge in [0.15, 0.2) is 5.82 Å². The number of para-hydroxylation sites is 1. The lowest BCUT2D eigenvalue weighted by molar-refractivity contribution is 0.0839. The number of anilines is 1. The first-order chi connectivity index (χ1) is 20.4. The molecule has 0 amide bonds. The third kappa shape index (κ3) is 7.15. The first kappa shape index (κ1) is 32.7. The Morgan fingerprint density at radius 2 is 1.60 bits per heavy atom. The van der Waals surface area contributed by atoms with Crippen LogP contribution in [0.3, 0.4) is 0 Å². The third-order valence-corrected chi connectivity index (χ3v) is 12.0. The first-order valence-electron chi connectivity index (χ1n) is 14.8. The van der Waals surface area contributed by atoms with E-state index in [1.165, 1.54) is 25.6 Å². The number of nitrogens with zero attached hydrogens (tertiary/aromatic N) is 5. The molecule has 11 nitrogen and oxygen atoms in total. The Labute approximate surface area is 256 Å². The lowest BCUT2D eigenvalue weighted by atomic mass is 9.84. The molecule has 13 heteroatoms. The van der Waals surface area contributed by atoms with Crippen LogP contribution in [-0.4, -0.2) is 80.6 Å². The van der Waals surface area contributed by atoms with Gasteiger partial charge in [-0.25, -0.2) is 17.7 Å². The van der Waals surface area contributed by atoms with Crippen molar-refractivity contribution in [3.63, 3.8) is 0 Å². The van der Waals surface area contributed by atoms with Crippen molar-refractivity contribution in [2.45, 2.75) is 76.1 Å². The highest BCUT2D eigenvalue weighted by atomic mass is 32.2. The van der Waals surface area contributed by atoms with Crippen LogP contribution in [0.15, 0.2) is 36.4 Å². The predicted octanol–water partition coefficient (Wildman–Crippen LogP) is 5.16. The fourth-order valence-electron chi connectivity index (χ4n) is 5.53. The second kappa shape index (κ2) is 13.6. The van der Waals surface area contributed by atoms with E-state index in [9.17, 15) is 13.5 Å². The molecule has 0 aliphatic heterocycles. The van der Waals surface area contributed by atoms with Crippen LogP contribution in [0.1, 0.15) is 39.0 Å². The summed E-state index contributed by atoms with van der Waals surface area (Å²) < 4.78 is 48.9. The summed E-state index contributed by atoms with van der Waals surface area (Å²) >= 11 is 0. The molecule has 1 aliphatic carbocycles. The van der Waals surface area contributed by atoms with Gasteiger partial charge in [-0.05, 0) is 49.9 Å². The Balaban J connectivity index is 1.96. The van der Waals surface area contributed by atoms with Gasteiger partial charge in [-0.3, -0.25) is 4.57 Å². The fourth-order valence-corrected chi connectivity index (χ4v) is 8.25. The normalized spacial score (nSPS) is 16.0. The van der Waals surface area contributed by atoms with Crippen molar-refractivity contribution in [1.29, 1.82) is 0 Å². The number of benzene rings is 1. The zero-order valence-electron chi connectivity index (χ0n) is 26.3. The highest BCUT2D eigenvalue weighted by Crippen LogP contribution is 2.40. The minimum atomic E-state index is -4.12. The van der Waals surface area contributed by atoms with E-state index in [1.807, 2.05) is 0 Å². The molecular formula is C30H45N5O6SSi. The molecule has 2 heterocycles. The summed E-state index contributed by atoms with van der Waals surface area (Å²) in [6.07, 6.45) is 3.72. The van der Waals surface area contributed by atoms with Crippen LogP contribution in [0.4, 0.5) is 5.95 Å². The summed E-state index contributed by atoms with van der Waals surface area (Å²) in [5.74, 6) is 1.52. The maximum atomic E-state index is 14.6. The van der Waals surface area contributed by atoms with Crippen LogP contribution in [-0.2, 0) is 10.0 Å². The van der Waals surface area contributed by atoms with Gasteiger partial charge in [-0.2, -0.15) is 0 Å². The van der Waals surface area contributed by atoms with Crippen LogP contribution in [0, 0.1) is 5.92 Å². The number of hydrogen-bond donors (Lipinski definition) is 1. The van der Waals surface area contributed by atoms with E-state index in [1.54, 1.807) is 47.9 Å². The average Bonchev–Trinajstić information content (AvgIpc) is 3.43. The van der Waals surface area contributed by atoms with Crippen molar-refractivity contribution in [2.24, 2.45) is 5.92 Å². The van der Waals surface area contributed by atoms with Crippen molar-refractivity contribution in [2.75, 3.05) is 32.2 Å². The van der Waals surface area contributed by atoms with Crippen molar-refractivity contribution in [3.8, 4) is 34.6 Å². The van der Waals surface area contributed by atoms with Gasteiger partial charge in [0.05, 0.1) is 27.4 Å². The van der Waals surface area contributed by atoms with Crippen molar-refractivity contribution in [3.05, 3.63) is 36.4 Å². The monoisotopic (exact) mass is 631 g/mol. The minimum absolute atomic E-state index is 0.0684. The largest absolute Gasteiger partial charge is 0.494 e. The molecule has 0 spiro atoms. The van der Waals surface area contributed by atoms with E-state index >= 15 is 0 Å². The Kier molecular flexibility index (Phi) is 10.4. The number of hydrogen-bond acceptors (Lipinski definition) is 9. The zero-order chi connectivity index (χ0) is 31.4. The van der Waals surface area contributed by atoms with Crippen LogP contribution in [0.25, 0.3) is 17.2 Å². The van der Waals surface area contributed by atoms with Crippen LogP contribution < -0.4 is 18.5 Å². The van der Waals surface area contributed by atoms with Gasteiger partial charge in [0.25, 0.3) is 0 Å². The number of sulfonamides is 1. The zero-order valence-corrected chi connectivity index (χ0v) is 28.1. The summed E-state index contributed by atoms with van der Waals surface area (Å²) in [5, 5.41) is 19.3. The molecule has 2 atom stereocenters. The second-order valence-corrected chi connectivity index (χ2v) is 20.1. The van der Waals surface area contributed by atoms with E-state index in [0.29, 0.717) is 34.8 Å². The summed E-state index contributed by atoms with van der Waals surface area (Å²) in [7, 11) is -1.26. The number of rotatable bonds is 13. The SMILES string of the molecule is COc1cccc(-c2nnc(N(CC[Si](C)(C)C)S(=O)(=O)[C@H](C)[C@@H](O)C3CCCCC3)n2-c2c(OC)cccc2OC)n1. The highest BCUT2D eigenvalue weighted by Gasteiger charge is 2.41. The number of aliphatic hydroxyl groups excluding tert-OH is 1. The minimum Gasteiger partial charge on any atom is -0.494 e. The van der Waals surface area contributed by atoms with Crippen LogP contribution in [0.5, 0.6) is 17.4 Å². The lowest BCUT2D eigenvalue weighted by Crippen LogP contribution is -2.48. The standard InChI is InChI=1S/C30H45N5O6SSi/c1-21(28(36)22-13-9-8-10-14-22)42(37,38)34(19-20-43(5,6)7)30-33-32-29(23-15-11-18-26(31-23)41-4)35(30)27-24(39-2)16-12-17-25(27)40-3/h11-12,15-18,21-22,28,36H,8-10,13-14,19-20H2,1-7H3/t21-,28-/m1/s1. The van der Waals surface area contributed by atoms with Gasteiger partial charge in [0, 0.05) is 20.7 Å². The molecule has 1 aromatic carbocycles. The first-order valence-corrected chi connectivity index (χ1v) is 20.0. The summed E-state index contributed by atoms with van der Waals surface area (Å²) in [6, 6.07) is 11.2. The summed E-state index contributed by atoms with van der Waals surface area (Å²) in [6.45, 7) is 8.36. The molecular weight excluding hydrogens is 587 g/mol. The quantitative estimate of drug-likeness (QED) is 0.254. The van der Waals surface area contributed by atoms with Gasteiger partial charge in [0.1, 0.15) is 28.1 Å².